The fourth-order valence-electron chi connectivity index (χ4n) is 3.78. The van der Waals surface area contributed by atoms with Crippen molar-refractivity contribution in [3.8, 4) is 0 Å². The van der Waals surface area contributed by atoms with E-state index in [-0.39, 0.29) is 17.9 Å². The van der Waals surface area contributed by atoms with Gasteiger partial charge in [0.05, 0.1) is 18.0 Å². The number of thiophene rings is 1. The number of morpholine rings is 1. The minimum absolute atomic E-state index is 0.0104. The quantitative estimate of drug-likeness (QED) is 0.630. The molecule has 1 aliphatic heterocycles. The predicted octanol–water partition coefficient (Wildman–Crippen LogP) is 3.53. The topological polar surface area (TPSA) is 62.7 Å². The molecule has 3 heterocycles. The van der Waals surface area contributed by atoms with E-state index < -0.39 is 0 Å². The Hall–Kier alpha value is -2.77. The largest absolute Gasteiger partial charge is 0.370 e. The van der Waals surface area contributed by atoms with Gasteiger partial charge in [-0.2, -0.15) is 0 Å². The molecule has 0 unspecified atom stereocenters. The first-order valence-corrected chi connectivity index (χ1v) is 10.9. The molecule has 6 nitrogen and oxygen atoms in total. The van der Waals surface area contributed by atoms with Crippen LogP contribution in [0.15, 0.2) is 48.8 Å². The summed E-state index contributed by atoms with van der Waals surface area (Å²) in [4.78, 5) is 33.6. The molecule has 2 amide bonds. The Bertz CT molecular complexity index is 1050. The Kier molecular flexibility index (Phi) is 6.11. The molecule has 0 spiro atoms. The molecule has 7 heteroatoms. The summed E-state index contributed by atoms with van der Waals surface area (Å²) in [5.74, 6) is 0.0222. The molecule has 3 aromatic rings. The zero-order valence-corrected chi connectivity index (χ0v) is 18.0. The molecule has 2 aromatic heterocycles. The SMILES string of the molecule is CC(=O)N1CCO[C@@H](c2c(C(=O)N(C)CCc3ccncc3)sc3ccccc23)C1. The molecular weight excluding hydrogens is 398 g/mol. The number of likely N-dealkylation sites (N-methyl/N-ethyl adjacent to an activating group) is 1. The van der Waals surface area contributed by atoms with Crippen molar-refractivity contribution in [3.63, 3.8) is 0 Å². The van der Waals surface area contributed by atoms with Gasteiger partial charge in [0.15, 0.2) is 0 Å². The lowest BCUT2D eigenvalue weighted by atomic mass is 10.0. The predicted molar refractivity (Wildman–Crippen MR) is 118 cm³/mol. The van der Waals surface area contributed by atoms with Crippen LogP contribution in [0.3, 0.4) is 0 Å². The van der Waals surface area contributed by atoms with E-state index in [1.807, 2.05) is 43.4 Å². The number of ether oxygens (including phenoxy) is 1. The lowest BCUT2D eigenvalue weighted by Gasteiger charge is -2.33. The summed E-state index contributed by atoms with van der Waals surface area (Å²) in [5, 5.41) is 1.03. The number of hydrogen-bond donors (Lipinski definition) is 0. The number of pyridine rings is 1. The number of benzene rings is 1. The zero-order valence-electron chi connectivity index (χ0n) is 17.2. The van der Waals surface area contributed by atoms with Crippen LogP contribution in [-0.2, 0) is 16.0 Å². The highest BCUT2D eigenvalue weighted by molar-refractivity contribution is 7.21. The Morgan fingerprint density at radius 1 is 1.23 bits per heavy atom. The number of carbonyl (C=O) groups excluding carboxylic acids is 2. The maximum Gasteiger partial charge on any atom is 0.264 e. The first-order chi connectivity index (χ1) is 14.5. The van der Waals surface area contributed by atoms with Crippen LogP contribution in [0.4, 0.5) is 0 Å². The van der Waals surface area contributed by atoms with E-state index in [1.165, 1.54) is 11.3 Å². The van der Waals surface area contributed by atoms with Crippen molar-refractivity contribution in [1.29, 1.82) is 0 Å². The van der Waals surface area contributed by atoms with Crippen molar-refractivity contribution in [1.82, 2.24) is 14.8 Å². The van der Waals surface area contributed by atoms with Crippen LogP contribution in [0, 0.1) is 0 Å². The highest BCUT2D eigenvalue weighted by atomic mass is 32.1. The molecule has 0 saturated carbocycles. The molecule has 1 saturated heterocycles. The van der Waals surface area contributed by atoms with Gasteiger partial charge >= 0.3 is 0 Å². The molecular formula is C23H25N3O3S. The molecule has 0 N–H and O–H groups in total. The van der Waals surface area contributed by atoms with Crippen LogP contribution in [0.2, 0.25) is 0 Å². The van der Waals surface area contributed by atoms with Gasteiger partial charge in [0.1, 0.15) is 6.10 Å². The van der Waals surface area contributed by atoms with E-state index in [1.54, 1.807) is 29.1 Å². The second-order valence-corrected chi connectivity index (χ2v) is 8.55. The lowest BCUT2D eigenvalue weighted by Crippen LogP contribution is -2.41. The van der Waals surface area contributed by atoms with Crippen molar-refractivity contribution in [2.45, 2.75) is 19.4 Å². The molecule has 1 aromatic carbocycles. The number of nitrogens with zero attached hydrogens (tertiary/aromatic N) is 3. The van der Waals surface area contributed by atoms with Crippen LogP contribution in [0.1, 0.15) is 33.8 Å². The van der Waals surface area contributed by atoms with Crippen LogP contribution in [-0.4, -0.2) is 59.9 Å². The van der Waals surface area contributed by atoms with Crippen LogP contribution in [0.25, 0.3) is 10.1 Å². The smallest absolute Gasteiger partial charge is 0.264 e. The number of aromatic nitrogens is 1. The van der Waals surface area contributed by atoms with E-state index >= 15 is 0 Å². The highest BCUT2D eigenvalue weighted by Crippen LogP contribution is 2.38. The summed E-state index contributed by atoms with van der Waals surface area (Å²) in [6.45, 7) is 3.72. The number of rotatable bonds is 5. The summed E-state index contributed by atoms with van der Waals surface area (Å²) >= 11 is 1.50. The van der Waals surface area contributed by atoms with E-state index in [0.717, 1.165) is 27.6 Å². The molecule has 30 heavy (non-hydrogen) atoms. The fraction of sp³-hybridized carbons (Fsp3) is 0.348. The third kappa shape index (κ3) is 4.22. The number of fused-ring (bicyclic) bond motifs is 1. The van der Waals surface area contributed by atoms with E-state index in [2.05, 4.69) is 4.98 Å². The van der Waals surface area contributed by atoms with Gasteiger partial charge in [-0.25, -0.2) is 0 Å². The molecule has 0 radical (unpaired) electrons. The Morgan fingerprint density at radius 3 is 2.77 bits per heavy atom. The van der Waals surface area contributed by atoms with E-state index in [4.69, 9.17) is 4.74 Å². The monoisotopic (exact) mass is 423 g/mol. The third-order valence-electron chi connectivity index (χ3n) is 5.49. The summed E-state index contributed by atoms with van der Waals surface area (Å²) in [6, 6.07) is 12.0. The van der Waals surface area contributed by atoms with Gasteiger partial charge in [-0.1, -0.05) is 18.2 Å². The molecule has 156 valence electrons. The third-order valence-corrected chi connectivity index (χ3v) is 6.67. The Labute approximate surface area is 180 Å². The average Bonchev–Trinajstić information content (AvgIpc) is 3.17. The molecule has 0 aliphatic carbocycles. The van der Waals surface area contributed by atoms with Gasteiger partial charge in [0, 0.05) is 49.7 Å². The molecule has 4 rings (SSSR count). The zero-order chi connectivity index (χ0) is 21.1. The summed E-state index contributed by atoms with van der Waals surface area (Å²) in [6.07, 6.45) is 4.00. The summed E-state index contributed by atoms with van der Waals surface area (Å²) in [7, 11) is 1.83. The normalized spacial score (nSPS) is 16.6. The Morgan fingerprint density at radius 2 is 2.00 bits per heavy atom. The van der Waals surface area contributed by atoms with Gasteiger partial charge in [-0.3, -0.25) is 14.6 Å². The standard InChI is InChI=1S/C23H25N3O3S/c1-16(27)26-13-14-29-19(15-26)21-18-5-3-4-6-20(18)30-22(21)23(28)25(2)12-9-17-7-10-24-11-8-17/h3-8,10-11,19H,9,12-15H2,1-2H3/t19-/m1/s1. The van der Waals surface area contributed by atoms with Gasteiger partial charge in [-0.15, -0.1) is 11.3 Å². The maximum atomic E-state index is 13.4. The number of amides is 2. The van der Waals surface area contributed by atoms with E-state index in [0.29, 0.717) is 31.1 Å². The molecule has 0 bridgehead atoms. The van der Waals surface area contributed by atoms with Crippen molar-refractivity contribution >= 4 is 33.2 Å². The van der Waals surface area contributed by atoms with Gasteiger partial charge in [0.2, 0.25) is 5.91 Å². The molecule has 1 atom stereocenters. The average molecular weight is 424 g/mol. The van der Waals surface area contributed by atoms with Gasteiger partial charge in [-0.05, 0) is 35.6 Å². The fourth-order valence-corrected chi connectivity index (χ4v) is 5.02. The summed E-state index contributed by atoms with van der Waals surface area (Å²) in [5.41, 5.74) is 2.05. The first kappa shape index (κ1) is 20.5. The maximum absolute atomic E-state index is 13.4. The first-order valence-electron chi connectivity index (χ1n) is 10.1. The van der Waals surface area contributed by atoms with Crippen LogP contribution in [0.5, 0.6) is 0 Å². The Balaban J connectivity index is 1.62. The van der Waals surface area contributed by atoms with E-state index in [9.17, 15) is 9.59 Å². The van der Waals surface area contributed by atoms with Crippen molar-refractivity contribution in [2.24, 2.45) is 0 Å². The van der Waals surface area contributed by atoms with Gasteiger partial charge in [0.25, 0.3) is 5.91 Å². The number of hydrogen-bond acceptors (Lipinski definition) is 5. The second-order valence-electron chi connectivity index (χ2n) is 7.50. The highest BCUT2D eigenvalue weighted by Gasteiger charge is 2.31. The summed E-state index contributed by atoms with van der Waals surface area (Å²) < 4.78 is 7.10. The van der Waals surface area contributed by atoms with Crippen LogP contribution >= 0.6 is 11.3 Å². The minimum atomic E-state index is -0.300. The van der Waals surface area contributed by atoms with Crippen molar-refractivity contribution in [3.05, 3.63) is 64.8 Å². The minimum Gasteiger partial charge on any atom is -0.370 e. The van der Waals surface area contributed by atoms with Crippen LogP contribution < -0.4 is 0 Å². The lowest BCUT2D eigenvalue weighted by molar-refractivity contribution is -0.136. The second kappa shape index (κ2) is 8.93. The van der Waals surface area contributed by atoms with Gasteiger partial charge < -0.3 is 14.5 Å². The van der Waals surface area contributed by atoms with Crippen molar-refractivity contribution in [2.75, 3.05) is 33.3 Å². The molecule has 1 fully saturated rings. The molecule has 1 aliphatic rings. The number of carbonyl (C=O) groups is 2. The van der Waals surface area contributed by atoms with Crippen molar-refractivity contribution < 1.29 is 14.3 Å².